The molecule has 1 aromatic carbocycles. The predicted octanol–water partition coefficient (Wildman–Crippen LogP) is 1.04. The van der Waals surface area contributed by atoms with Crippen LogP contribution in [0.5, 0.6) is 11.5 Å². The smallest absolute Gasteiger partial charge is 0.306 e. The SMILES string of the molecule is CCOc1cc(/C=C2/C(=N)N3C(=NC2=O)SN=C3S(C)(=O)=O)ccc1OS(C)(=O)=O. The van der Waals surface area contributed by atoms with Crippen molar-refractivity contribution in [2.45, 2.75) is 6.92 Å². The molecule has 0 aromatic heterocycles. The minimum Gasteiger partial charge on any atom is -0.490 e. The molecule has 1 aromatic rings. The zero-order valence-electron chi connectivity index (χ0n) is 15.9. The van der Waals surface area contributed by atoms with Gasteiger partial charge in [0.1, 0.15) is 5.84 Å². The summed E-state index contributed by atoms with van der Waals surface area (Å²) in [4.78, 5) is 17.2. The summed E-state index contributed by atoms with van der Waals surface area (Å²) in [5.41, 5.74) is 0.215. The lowest BCUT2D eigenvalue weighted by molar-refractivity contribution is -0.114. The second kappa shape index (κ2) is 7.85. The fraction of sp³-hybridized carbons (Fsp3) is 0.250. The van der Waals surface area contributed by atoms with Gasteiger partial charge in [-0.15, -0.1) is 0 Å². The van der Waals surface area contributed by atoms with Gasteiger partial charge in [0.2, 0.25) is 20.2 Å². The van der Waals surface area contributed by atoms with Crippen molar-refractivity contribution in [1.82, 2.24) is 4.90 Å². The van der Waals surface area contributed by atoms with E-state index in [1.807, 2.05) is 0 Å². The molecule has 2 aliphatic heterocycles. The normalized spacial score (nSPS) is 18.2. The summed E-state index contributed by atoms with van der Waals surface area (Å²) in [7, 11) is -7.54. The molecule has 14 heteroatoms. The number of rotatable bonds is 5. The summed E-state index contributed by atoms with van der Waals surface area (Å²) in [6.07, 6.45) is 3.16. The zero-order chi connectivity index (χ0) is 22.3. The molecule has 0 unspecified atom stereocenters. The highest BCUT2D eigenvalue weighted by atomic mass is 32.2. The summed E-state index contributed by atoms with van der Waals surface area (Å²) in [6, 6.07) is 4.24. The second-order valence-corrected chi connectivity index (χ2v) is 10.3. The van der Waals surface area contributed by atoms with Crippen LogP contribution >= 0.6 is 11.9 Å². The van der Waals surface area contributed by atoms with Gasteiger partial charge in [-0.2, -0.15) is 17.8 Å². The summed E-state index contributed by atoms with van der Waals surface area (Å²) in [5.74, 6) is -1.05. The third kappa shape index (κ3) is 4.55. The Morgan fingerprint density at radius 1 is 1.20 bits per heavy atom. The quantitative estimate of drug-likeness (QED) is 0.376. The second-order valence-electron chi connectivity index (χ2n) is 6.11. The van der Waals surface area contributed by atoms with Crippen molar-refractivity contribution in [1.29, 1.82) is 5.41 Å². The predicted molar refractivity (Wildman–Crippen MR) is 113 cm³/mol. The fourth-order valence-electron chi connectivity index (χ4n) is 2.52. The van der Waals surface area contributed by atoms with Crippen LogP contribution in [0.1, 0.15) is 12.5 Å². The molecular formula is C16H16N4O7S3. The number of sulfone groups is 1. The number of nitrogens with zero attached hydrogens (tertiary/aromatic N) is 3. The van der Waals surface area contributed by atoms with Crippen LogP contribution < -0.4 is 8.92 Å². The standard InChI is InChI=1S/C16H16N4O7S3/c1-4-26-12-8-9(5-6-11(12)27-30(3,24)25)7-10-13(17)20-15(18-14(10)21)28-19-16(20)29(2,22)23/h5-8,17H,4H2,1-3H3/b10-7-,17-13?. The van der Waals surface area contributed by atoms with Crippen LogP contribution in [0.4, 0.5) is 0 Å². The number of ether oxygens (including phenoxy) is 1. The van der Waals surface area contributed by atoms with E-state index < -0.39 is 31.7 Å². The molecule has 30 heavy (non-hydrogen) atoms. The zero-order valence-corrected chi connectivity index (χ0v) is 18.4. The van der Waals surface area contributed by atoms with E-state index in [1.54, 1.807) is 6.92 Å². The van der Waals surface area contributed by atoms with Crippen LogP contribution in [-0.4, -0.2) is 62.9 Å². The van der Waals surface area contributed by atoms with Gasteiger partial charge in [0, 0.05) is 6.26 Å². The molecule has 3 rings (SSSR count). The molecule has 0 spiro atoms. The number of fused-ring (bicyclic) bond motifs is 1. The average molecular weight is 473 g/mol. The monoisotopic (exact) mass is 472 g/mol. The maximum Gasteiger partial charge on any atom is 0.306 e. The van der Waals surface area contributed by atoms with E-state index in [0.717, 1.165) is 17.4 Å². The molecule has 0 saturated heterocycles. The third-order valence-electron chi connectivity index (χ3n) is 3.65. The van der Waals surface area contributed by atoms with Gasteiger partial charge in [0.25, 0.3) is 5.91 Å². The largest absolute Gasteiger partial charge is 0.490 e. The molecule has 11 nitrogen and oxygen atoms in total. The van der Waals surface area contributed by atoms with Crippen LogP contribution in [0, 0.1) is 5.41 Å². The van der Waals surface area contributed by atoms with Gasteiger partial charge in [-0.25, -0.2) is 13.3 Å². The van der Waals surface area contributed by atoms with Gasteiger partial charge < -0.3 is 8.92 Å². The van der Waals surface area contributed by atoms with Crippen LogP contribution in [0.25, 0.3) is 6.08 Å². The molecule has 0 radical (unpaired) electrons. The first-order chi connectivity index (χ1) is 13.9. The molecule has 160 valence electrons. The molecule has 0 atom stereocenters. The summed E-state index contributed by atoms with van der Waals surface area (Å²) >= 11 is 0.696. The number of nitrogens with one attached hydrogen (secondary N) is 1. The lowest BCUT2D eigenvalue weighted by Crippen LogP contribution is -2.45. The first kappa shape index (κ1) is 22.0. The van der Waals surface area contributed by atoms with E-state index in [4.69, 9.17) is 14.3 Å². The van der Waals surface area contributed by atoms with Crippen molar-refractivity contribution in [3.63, 3.8) is 0 Å². The Morgan fingerprint density at radius 3 is 2.50 bits per heavy atom. The molecule has 1 amide bonds. The van der Waals surface area contributed by atoms with Crippen LogP contribution in [0.15, 0.2) is 33.2 Å². The minimum atomic E-state index is -3.79. The first-order valence-corrected chi connectivity index (χ1v) is 12.7. The lowest BCUT2D eigenvalue weighted by atomic mass is 10.1. The number of amides is 1. The molecule has 2 heterocycles. The average Bonchev–Trinajstić information content (AvgIpc) is 3.04. The highest BCUT2D eigenvalue weighted by molar-refractivity contribution is 8.16. The molecule has 2 aliphatic rings. The van der Waals surface area contributed by atoms with Gasteiger partial charge in [0.15, 0.2) is 11.5 Å². The van der Waals surface area contributed by atoms with Gasteiger partial charge in [-0.05, 0) is 30.7 Å². The van der Waals surface area contributed by atoms with Crippen LogP contribution in [-0.2, 0) is 24.7 Å². The lowest BCUT2D eigenvalue weighted by Gasteiger charge is -2.23. The Bertz CT molecular complexity index is 1250. The number of benzene rings is 1. The fourth-order valence-corrected chi connectivity index (χ4v) is 4.83. The maximum atomic E-state index is 12.4. The highest BCUT2D eigenvalue weighted by Gasteiger charge is 2.41. The van der Waals surface area contributed by atoms with Crippen molar-refractivity contribution in [2.75, 3.05) is 19.1 Å². The van der Waals surface area contributed by atoms with Crippen molar-refractivity contribution < 1.29 is 30.6 Å². The van der Waals surface area contributed by atoms with Crippen molar-refractivity contribution in [2.24, 2.45) is 9.39 Å². The highest BCUT2D eigenvalue weighted by Crippen LogP contribution is 2.32. The topological polar surface area (TPSA) is 156 Å². The molecule has 0 saturated carbocycles. The Hall–Kier alpha value is -2.71. The van der Waals surface area contributed by atoms with E-state index in [2.05, 4.69) is 9.39 Å². The summed E-state index contributed by atoms with van der Waals surface area (Å²) in [6.45, 7) is 1.92. The van der Waals surface area contributed by atoms with Crippen LogP contribution in [0.2, 0.25) is 0 Å². The summed E-state index contributed by atoms with van der Waals surface area (Å²) in [5, 5.41) is 7.91. The third-order valence-corrected chi connectivity index (χ3v) is 5.88. The number of amidine groups is 3. The van der Waals surface area contributed by atoms with Crippen LogP contribution in [0.3, 0.4) is 0 Å². The molecule has 0 aliphatic carbocycles. The number of aliphatic imine (C=N–C) groups is 1. The Labute approximate surface area is 177 Å². The Morgan fingerprint density at radius 2 is 1.90 bits per heavy atom. The van der Waals surface area contributed by atoms with Crippen molar-refractivity contribution >= 4 is 60.1 Å². The first-order valence-electron chi connectivity index (χ1n) is 8.26. The van der Waals surface area contributed by atoms with E-state index in [1.165, 1.54) is 24.3 Å². The number of hydrogen-bond acceptors (Lipinski definition) is 10. The van der Waals surface area contributed by atoms with E-state index in [-0.39, 0.29) is 34.0 Å². The van der Waals surface area contributed by atoms with E-state index in [9.17, 15) is 21.6 Å². The number of carbonyl (C=O) groups is 1. The number of hydrogen-bond donors (Lipinski definition) is 1. The van der Waals surface area contributed by atoms with E-state index in [0.29, 0.717) is 17.5 Å². The van der Waals surface area contributed by atoms with Gasteiger partial charge in [0.05, 0.1) is 30.4 Å². The summed E-state index contributed by atoms with van der Waals surface area (Å²) < 4.78 is 60.8. The Kier molecular flexibility index (Phi) is 5.75. The Balaban J connectivity index is 2.02. The van der Waals surface area contributed by atoms with Crippen molar-refractivity contribution in [3.05, 3.63) is 29.3 Å². The van der Waals surface area contributed by atoms with Gasteiger partial charge in [-0.3, -0.25) is 10.2 Å². The van der Waals surface area contributed by atoms with Crippen molar-refractivity contribution in [3.8, 4) is 11.5 Å². The maximum absolute atomic E-state index is 12.4. The number of carbonyl (C=O) groups excluding carboxylic acids is 1. The van der Waals surface area contributed by atoms with Gasteiger partial charge in [-0.1, -0.05) is 6.07 Å². The molecular weight excluding hydrogens is 456 g/mol. The minimum absolute atomic E-state index is 0.0190. The molecule has 1 N–H and O–H groups in total. The molecule has 0 bridgehead atoms. The van der Waals surface area contributed by atoms with Gasteiger partial charge >= 0.3 is 10.1 Å². The molecule has 0 fully saturated rings. The van der Waals surface area contributed by atoms with E-state index >= 15 is 0 Å².